The van der Waals surface area contributed by atoms with Crippen molar-refractivity contribution in [2.75, 3.05) is 20.6 Å². The molecule has 1 N–H and O–H groups in total. The summed E-state index contributed by atoms with van der Waals surface area (Å²) in [5, 5.41) is 3.42. The van der Waals surface area contributed by atoms with Crippen molar-refractivity contribution in [3.05, 3.63) is 35.9 Å². The molecule has 18 heavy (non-hydrogen) atoms. The average molecular weight is 248 g/mol. The molecule has 1 rings (SSSR count). The molecular weight excluding hydrogens is 220 g/mol. The Morgan fingerprint density at radius 2 is 1.72 bits per heavy atom. The van der Waals surface area contributed by atoms with Crippen LogP contribution in [0.25, 0.3) is 0 Å². The van der Waals surface area contributed by atoms with E-state index in [1.165, 1.54) is 12.0 Å². The summed E-state index contributed by atoms with van der Waals surface area (Å²) in [5.41, 5.74) is 1.36. The lowest BCUT2D eigenvalue weighted by atomic mass is 10.0. The molecule has 0 fully saturated rings. The molecule has 0 aliphatic heterocycles. The van der Waals surface area contributed by atoms with Crippen LogP contribution in [-0.2, 0) is 0 Å². The topological polar surface area (TPSA) is 15.3 Å². The molecule has 0 amide bonds. The van der Waals surface area contributed by atoms with Crippen LogP contribution in [0, 0.1) is 5.92 Å². The van der Waals surface area contributed by atoms with Crippen LogP contribution in [0.1, 0.15) is 38.8 Å². The number of benzene rings is 1. The summed E-state index contributed by atoms with van der Waals surface area (Å²) >= 11 is 0. The lowest BCUT2D eigenvalue weighted by Crippen LogP contribution is -2.37. The van der Waals surface area contributed by atoms with Gasteiger partial charge in [0.05, 0.1) is 0 Å². The fraction of sp³-hybridized carbons (Fsp3) is 0.625. The van der Waals surface area contributed by atoms with Crippen LogP contribution in [0.4, 0.5) is 0 Å². The number of nitrogens with one attached hydrogen (secondary N) is 1. The van der Waals surface area contributed by atoms with Crippen LogP contribution in [-0.4, -0.2) is 31.6 Å². The Balaban J connectivity index is 2.58. The van der Waals surface area contributed by atoms with Crippen molar-refractivity contribution in [3.8, 4) is 0 Å². The second-order valence-corrected chi connectivity index (χ2v) is 5.67. The molecule has 2 unspecified atom stereocenters. The number of nitrogens with zero attached hydrogens (tertiary/aromatic N) is 1. The maximum atomic E-state index is 3.42. The zero-order valence-corrected chi connectivity index (χ0v) is 12.5. The van der Waals surface area contributed by atoms with E-state index in [1.54, 1.807) is 0 Å². The Kier molecular flexibility index (Phi) is 6.37. The molecule has 0 aliphatic carbocycles. The van der Waals surface area contributed by atoms with Crippen molar-refractivity contribution in [2.45, 2.75) is 39.3 Å². The summed E-state index contributed by atoms with van der Waals surface area (Å²) in [6.07, 6.45) is 1.25. The molecule has 0 bridgehead atoms. The van der Waals surface area contributed by atoms with Gasteiger partial charge in [0.15, 0.2) is 0 Å². The molecule has 2 atom stereocenters. The van der Waals surface area contributed by atoms with Gasteiger partial charge in [-0.25, -0.2) is 0 Å². The molecule has 102 valence electrons. The van der Waals surface area contributed by atoms with E-state index in [9.17, 15) is 0 Å². The van der Waals surface area contributed by atoms with Crippen LogP contribution in [0.2, 0.25) is 0 Å². The summed E-state index contributed by atoms with van der Waals surface area (Å²) in [6.45, 7) is 7.94. The highest BCUT2D eigenvalue weighted by Crippen LogP contribution is 2.16. The predicted molar refractivity (Wildman–Crippen MR) is 79.8 cm³/mol. The first-order valence-electron chi connectivity index (χ1n) is 6.97. The molecule has 0 spiro atoms. The standard InChI is InChI=1S/C16H28N2/c1-13(2)11-14(3)18(5)12-16(17-4)15-9-7-6-8-10-15/h6-10,13-14,16-17H,11-12H2,1-5H3. The third-order valence-electron chi connectivity index (χ3n) is 3.59. The molecule has 0 aromatic heterocycles. The summed E-state index contributed by atoms with van der Waals surface area (Å²) < 4.78 is 0. The van der Waals surface area contributed by atoms with E-state index < -0.39 is 0 Å². The van der Waals surface area contributed by atoms with Gasteiger partial charge in [0.1, 0.15) is 0 Å². The van der Waals surface area contributed by atoms with Gasteiger partial charge >= 0.3 is 0 Å². The molecular formula is C16H28N2. The van der Waals surface area contributed by atoms with Crippen molar-refractivity contribution in [1.82, 2.24) is 10.2 Å². The average Bonchev–Trinajstić information content (AvgIpc) is 2.35. The Morgan fingerprint density at radius 1 is 1.11 bits per heavy atom. The lowest BCUT2D eigenvalue weighted by Gasteiger charge is -2.30. The molecule has 0 saturated heterocycles. The van der Waals surface area contributed by atoms with Crippen LogP contribution < -0.4 is 5.32 Å². The van der Waals surface area contributed by atoms with E-state index in [-0.39, 0.29) is 0 Å². The molecule has 2 nitrogen and oxygen atoms in total. The smallest absolute Gasteiger partial charge is 0.0446 e. The van der Waals surface area contributed by atoms with Gasteiger partial charge in [-0.3, -0.25) is 0 Å². The second kappa shape index (κ2) is 7.55. The first-order chi connectivity index (χ1) is 8.54. The van der Waals surface area contributed by atoms with Gasteiger partial charge in [0, 0.05) is 18.6 Å². The number of likely N-dealkylation sites (N-methyl/N-ethyl adjacent to an activating group) is 2. The highest BCUT2D eigenvalue weighted by molar-refractivity contribution is 5.19. The number of hydrogen-bond donors (Lipinski definition) is 1. The summed E-state index contributed by atoms with van der Waals surface area (Å²) in [6, 6.07) is 11.7. The fourth-order valence-electron chi connectivity index (χ4n) is 2.38. The van der Waals surface area contributed by atoms with Gasteiger partial charge in [-0.15, -0.1) is 0 Å². The minimum absolute atomic E-state index is 0.408. The largest absolute Gasteiger partial charge is 0.312 e. The number of hydrogen-bond acceptors (Lipinski definition) is 2. The van der Waals surface area contributed by atoms with Gasteiger partial charge in [-0.2, -0.15) is 0 Å². The first-order valence-corrected chi connectivity index (χ1v) is 6.97. The van der Waals surface area contributed by atoms with E-state index in [4.69, 9.17) is 0 Å². The highest BCUT2D eigenvalue weighted by Gasteiger charge is 2.16. The lowest BCUT2D eigenvalue weighted by molar-refractivity contribution is 0.208. The minimum atomic E-state index is 0.408. The van der Waals surface area contributed by atoms with Gasteiger partial charge in [0.25, 0.3) is 0 Å². The van der Waals surface area contributed by atoms with Gasteiger partial charge in [0.2, 0.25) is 0 Å². The molecule has 2 heteroatoms. The van der Waals surface area contributed by atoms with Crippen molar-refractivity contribution in [2.24, 2.45) is 5.92 Å². The van der Waals surface area contributed by atoms with Gasteiger partial charge in [-0.05, 0) is 38.9 Å². The predicted octanol–water partition coefficient (Wildman–Crippen LogP) is 3.31. The maximum absolute atomic E-state index is 3.42. The van der Waals surface area contributed by atoms with Crippen molar-refractivity contribution in [1.29, 1.82) is 0 Å². The van der Waals surface area contributed by atoms with Crippen LogP contribution in [0.5, 0.6) is 0 Å². The van der Waals surface area contributed by atoms with Crippen LogP contribution >= 0.6 is 0 Å². The minimum Gasteiger partial charge on any atom is -0.312 e. The Bertz CT molecular complexity index is 321. The van der Waals surface area contributed by atoms with E-state index in [2.05, 4.69) is 68.4 Å². The van der Waals surface area contributed by atoms with Gasteiger partial charge in [-0.1, -0.05) is 44.2 Å². The second-order valence-electron chi connectivity index (χ2n) is 5.67. The summed E-state index contributed by atoms with van der Waals surface area (Å²) in [5.74, 6) is 0.757. The normalized spacial score (nSPS) is 15.1. The molecule has 0 saturated carbocycles. The third-order valence-corrected chi connectivity index (χ3v) is 3.59. The highest BCUT2D eigenvalue weighted by atomic mass is 15.1. The quantitative estimate of drug-likeness (QED) is 0.796. The Morgan fingerprint density at radius 3 is 2.22 bits per heavy atom. The van der Waals surface area contributed by atoms with E-state index in [1.807, 2.05) is 7.05 Å². The van der Waals surface area contributed by atoms with Crippen LogP contribution in [0.3, 0.4) is 0 Å². The summed E-state index contributed by atoms with van der Waals surface area (Å²) in [7, 11) is 4.26. The van der Waals surface area contributed by atoms with Crippen molar-refractivity contribution < 1.29 is 0 Å². The zero-order valence-electron chi connectivity index (χ0n) is 12.5. The zero-order chi connectivity index (χ0) is 13.5. The molecule has 0 radical (unpaired) electrons. The van der Waals surface area contributed by atoms with Crippen LogP contribution in [0.15, 0.2) is 30.3 Å². The molecule has 0 aliphatic rings. The third kappa shape index (κ3) is 4.79. The van der Waals surface area contributed by atoms with E-state index >= 15 is 0 Å². The van der Waals surface area contributed by atoms with E-state index in [0.717, 1.165) is 12.5 Å². The molecule has 0 heterocycles. The Hall–Kier alpha value is -0.860. The molecule has 1 aromatic carbocycles. The first kappa shape index (κ1) is 15.2. The van der Waals surface area contributed by atoms with E-state index in [0.29, 0.717) is 12.1 Å². The van der Waals surface area contributed by atoms with Gasteiger partial charge < -0.3 is 10.2 Å². The van der Waals surface area contributed by atoms with Crippen molar-refractivity contribution >= 4 is 0 Å². The fourth-order valence-corrected chi connectivity index (χ4v) is 2.38. The van der Waals surface area contributed by atoms with Crippen molar-refractivity contribution in [3.63, 3.8) is 0 Å². The summed E-state index contributed by atoms with van der Waals surface area (Å²) in [4.78, 5) is 2.45. The monoisotopic (exact) mass is 248 g/mol. The number of rotatable bonds is 7. The SMILES string of the molecule is CNC(CN(C)C(C)CC(C)C)c1ccccc1. The Labute approximate surface area is 112 Å². The maximum Gasteiger partial charge on any atom is 0.0446 e. The molecule has 1 aromatic rings.